The second-order valence-electron chi connectivity index (χ2n) is 4.90. The van der Waals surface area contributed by atoms with Crippen molar-refractivity contribution in [3.63, 3.8) is 0 Å². The summed E-state index contributed by atoms with van der Waals surface area (Å²) < 4.78 is 5.86. The number of nitrogens with zero attached hydrogens (tertiary/aromatic N) is 1. The van der Waals surface area contributed by atoms with Crippen molar-refractivity contribution >= 4 is 22.0 Å². The van der Waals surface area contributed by atoms with Crippen LogP contribution in [0.4, 0.5) is 4.79 Å². The zero-order valence-electron chi connectivity index (χ0n) is 10.7. The second kappa shape index (κ2) is 6.15. The summed E-state index contributed by atoms with van der Waals surface area (Å²) in [7, 11) is 0. The number of aromatic nitrogens is 1. The highest BCUT2D eigenvalue weighted by atomic mass is 79.9. The van der Waals surface area contributed by atoms with Crippen molar-refractivity contribution in [1.82, 2.24) is 10.3 Å². The van der Waals surface area contributed by atoms with Gasteiger partial charge in [-0.25, -0.2) is 9.78 Å². The third-order valence-corrected chi connectivity index (χ3v) is 2.51. The van der Waals surface area contributed by atoms with Crippen LogP contribution in [0.25, 0.3) is 0 Å². The van der Waals surface area contributed by atoms with Gasteiger partial charge in [-0.3, -0.25) is 0 Å². The van der Waals surface area contributed by atoms with Gasteiger partial charge >= 0.3 is 6.09 Å². The summed E-state index contributed by atoms with van der Waals surface area (Å²) in [5.74, 6) is 0. The minimum absolute atomic E-state index is 0.304. The molecule has 0 aliphatic heterocycles. The van der Waals surface area contributed by atoms with Crippen molar-refractivity contribution < 1.29 is 9.53 Å². The van der Waals surface area contributed by atoms with Crippen LogP contribution in [0.3, 0.4) is 0 Å². The lowest BCUT2D eigenvalue weighted by molar-refractivity contribution is 0.0524. The average Bonchev–Trinajstić information content (AvgIpc) is 2.24. The number of carbonyl (C=O) groups is 1. The van der Waals surface area contributed by atoms with Gasteiger partial charge in [0.25, 0.3) is 0 Å². The zero-order valence-corrected chi connectivity index (χ0v) is 12.3. The number of rotatable bonds is 3. The van der Waals surface area contributed by atoms with Crippen LogP contribution in [0.15, 0.2) is 22.9 Å². The lowest BCUT2D eigenvalue weighted by Crippen LogP contribution is -2.36. The van der Waals surface area contributed by atoms with Gasteiger partial charge in [0, 0.05) is 18.8 Å². The molecule has 1 aromatic heterocycles. The molecule has 0 fully saturated rings. The number of halogens is 1. The van der Waals surface area contributed by atoms with Gasteiger partial charge in [-0.2, -0.15) is 0 Å². The lowest BCUT2D eigenvalue weighted by atomic mass is 10.1. The Morgan fingerprint density at radius 1 is 1.56 bits per heavy atom. The maximum Gasteiger partial charge on any atom is 0.407 e. The minimum atomic E-state index is -0.507. The molecule has 6 heteroatoms. The van der Waals surface area contributed by atoms with Crippen LogP contribution < -0.4 is 11.1 Å². The first-order chi connectivity index (χ1) is 8.28. The van der Waals surface area contributed by atoms with Crippen molar-refractivity contribution in [1.29, 1.82) is 0 Å². The van der Waals surface area contributed by atoms with Crippen LogP contribution >= 0.6 is 15.9 Å². The molecule has 3 N–H and O–H groups in total. The maximum atomic E-state index is 11.4. The third-order valence-electron chi connectivity index (χ3n) is 2.04. The quantitative estimate of drug-likeness (QED) is 0.839. The Kier molecular flexibility index (Phi) is 5.10. The Balaban J connectivity index is 2.44. The van der Waals surface area contributed by atoms with E-state index in [0.717, 1.165) is 10.2 Å². The van der Waals surface area contributed by atoms with E-state index in [-0.39, 0.29) is 6.04 Å². The van der Waals surface area contributed by atoms with E-state index in [2.05, 4.69) is 26.2 Å². The van der Waals surface area contributed by atoms with Crippen LogP contribution in [-0.2, 0) is 4.74 Å². The molecule has 1 amide bonds. The molecule has 0 bridgehead atoms. The first kappa shape index (κ1) is 14.9. The Morgan fingerprint density at radius 2 is 2.22 bits per heavy atom. The van der Waals surface area contributed by atoms with E-state index in [4.69, 9.17) is 10.5 Å². The van der Waals surface area contributed by atoms with Gasteiger partial charge in [-0.05, 0) is 48.3 Å². The predicted molar refractivity (Wildman–Crippen MR) is 73.1 cm³/mol. The van der Waals surface area contributed by atoms with Gasteiger partial charge in [-0.15, -0.1) is 0 Å². The van der Waals surface area contributed by atoms with Crippen LogP contribution in [0.5, 0.6) is 0 Å². The van der Waals surface area contributed by atoms with E-state index in [0.29, 0.717) is 6.54 Å². The zero-order chi connectivity index (χ0) is 13.8. The van der Waals surface area contributed by atoms with Gasteiger partial charge in [0.1, 0.15) is 10.2 Å². The highest BCUT2D eigenvalue weighted by Gasteiger charge is 2.16. The van der Waals surface area contributed by atoms with E-state index in [9.17, 15) is 4.79 Å². The van der Waals surface area contributed by atoms with Crippen molar-refractivity contribution in [3.8, 4) is 0 Å². The molecule has 5 nitrogen and oxygen atoms in total. The predicted octanol–water partition coefficient (Wildman–Crippen LogP) is 2.37. The highest BCUT2D eigenvalue weighted by Crippen LogP contribution is 2.12. The molecule has 1 unspecified atom stereocenters. The number of ether oxygens (including phenoxy) is 1. The van der Waals surface area contributed by atoms with Gasteiger partial charge in [0.15, 0.2) is 0 Å². The molecule has 1 heterocycles. The van der Waals surface area contributed by atoms with E-state index >= 15 is 0 Å². The number of carbonyl (C=O) groups excluding carboxylic acids is 1. The molecule has 0 aliphatic rings. The monoisotopic (exact) mass is 315 g/mol. The Bertz CT molecular complexity index is 401. The molecule has 0 saturated carbocycles. The van der Waals surface area contributed by atoms with Crippen LogP contribution in [-0.4, -0.2) is 23.2 Å². The largest absolute Gasteiger partial charge is 0.444 e. The number of nitrogens with one attached hydrogen (secondary N) is 1. The van der Waals surface area contributed by atoms with Crippen molar-refractivity contribution in [2.75, 3.05) is 6.54 Å². The minimum Gasteiger partial charge on any atom is -0.444 e. The summed E-state index contributed by atoms with van der Waals surface area (Å²) in [6, 6.07) is 3.36. The summed E-state index contributed by atoms with van der Waals surface area (Å²) in [5.41, 5.74) is 6.28. The van der Waals surface area contributed by atoms with E-state index in [1.165, 1.54) is 0 Å². The molecule has 0 aromatic carbocycles. The molecule has 1 rings (SSSR count). The fourth-order valence-electron chi connectivity index (χ4n) is 1.23. The van der Waals surface area contributed by atoms with Crippen molar-refractivity contribution in [3.05, 3.63) is 28.5 Å². The molecule has 0 saturated heterocycles. The number of nitrogens with two attached hydrogens (primary N) is 1. The highest BCUT2D eigenvalue weighted by molar-refractivity contribution is 9.10. The van der Waals surface area contributed by atoms with Crippen LogP contribution in [0.2, 0.25) is 0 Å². The Morgan fingerprint density at radius 3 is 2.72 bits per heavy atom. The molecule has 0 radical (unpaired) electrons. The van der Waals surface area contributed by atoms with Crippen LogP contribution in [0, 0.1) is 0 Å². The molecule has 1 atom stereocenters. The van der Waals surface area contributed by atoms with E-state index in [1.54, 1.807) is 6.20 Å². The summed E-state index contributed by atoms with van der Waals surface area (Å²) in [6.07, 6.45) is 1.20. The maximum absolute atomic E-state index is 11.4. The number of hydrogen-bond acceptors (Lipinski definition) is 4. The van der Waals surface area contributed by atoms with E-state index < -0.39 is 11.7 Å². The third kappa shape index (κ3) is 5.46. The topological polar surface area (TPSA) is 77.2 Å². The normalized spacial score (nSPS) is 12.9. The molecular weight excluding hydrogens is 298 g/mol. The lowest BCUT2D eigenvalue weighted by Gasteiger charge is -2.20. The number of hydrogen-bond donors (Lipinski definition) is 2. The summed E-state index contributed by atoms with van der Waals surface area (Å²) in [5, 5.41) is 2.63. The van der Waals surface area contributed by atoms with Gasteiger partial charge < -0.3 is 15.8 Å². The average molecular weight is 316 g/mol. The van der Waals surface area contributed by atoms with Gasteiger partial charge in [0.2, 0.25) is 0 Å². The number of amides is 1. The Hall–Kier alpha value is -1.14. The molecule has 0 aliphatic carbocycles. The SMILES string of the molecule is CC(C)(C)OC(=O)NCC(N)c1ccc(Br)nc1. The number of pyridine rings is 1. The van der Waals surface area contributed by atoms with E-state index in [1.807, 2.05) is 32.9 Å². The standard InChI is InChI=1S/C12H18BrN3O2/c1-12(2,3)18-11(17)16-7-9(14)8-4-5-10(13)15-6-8/h4-6,9H,7,14H2,1-3H3,(H,16,17). The summed E-state index contributed by atoms with van der Waals surface area (Å²) >= 11 is 3.25. The van der Waals surface area contributed by atoms with Crippen molar-refractivity contribution in [2.45, 2.75) is 32.4 Å². The summed E-state index contributed by atoms with van der Waals surface area (Å²) in [4.78, 5) is 15.5. The first-order valence-corrected chi connectivity index (χ1v) is 6.41. The summed E-state index contributed by atoms with van der Waals surface area (Å²) in [6.45, 7) is 5.74. The fourth-order valence-corrected chi connectivity index (χ4v) is 1.47. The first-order valence-electron chi connectivity index (χ1n) is 5.62. The molecule has 0 spiro atoms. The number of alkyl carbamates (subject to hydrolysis) is 1. The van der Waals surface area contributed by atoms with Crippen molar-refractivity contribution in [2.24, 2.45) is 5.73 Å². The molecular formula is C12H18BrN3O2. The van der Waals surface area contributed by atoms with Crippen LogP contribution in [0.1, 0.15) is 32.4 Å². The van der Waals surface area contributed by atoms with Gasteiger partial charge in [0.05, 0.1) is 0 Å². The van der Waals surface area contributed by atoms with Gasteiger partial charge in [-0.1, -0.05) is 6.07 Å². The molecule has 100 valence electrons. The second-order valence-corrected chi connectivity index (χ2v) is 5.72. The molecule has 18 heavy (non-hydrogen) atoms. The smallest absolute Gasteiger partial charge is 0.407 e. The molecule has 1 aromatic rings. The Labute approximate surface area is 115 Å². The fraction of sp³-hybridized carbons (Fsp3) is 0.500.